The summed E-state index contributed by atoms with van der Waals surface area (Å²) in [6.45, 7) is 0. The largest absolute Gasteiger partial charge is 0.310 e. The summed E-state index contributed by atoms with van der Waals surface area (Å²) in [5.74, 6) is -0.683. The number of amides is 1. The molecule has 0 saturated heterocycles. The molecule has 0 aliphatic carbocycles. The Morgan fingerprint density at radius 2 is 1.95 bits per heavy atom. The smallest absolute Gasteiger partial charge is 0.276 e. The van der Waals surface area contributed by atoms with Gasteiger partial charge in [0, 0.05) is 18.9 Å². The standard InChI is InChI=1S/C14H10FN3O/c1-18(12-5-3-11(15)4-6-12)14(19)13-7-2-10(8-16)9-17-13/h2-7,9H,1H3. The van der Waals surface area contributed by atoms with E-state index in [1.807, 2.05) is 6.07 Å². The van der Waals surface area contributed by atoms with Gasteiger partial charge in [-0.15, -0.1) is 0 Å². The van der Waals surface area contributed by atoms with E-state index in [4.69, 9.17) is 5.26 Å². The van der Waals surface area contributed by atoms with Gasteiger partial charge in [0.1, 0.15) is 17.6 Å². The van der Waals surface area contributed by atoms with Gasteiger partial charge >= 0.3 is 0 Å². The maximum Gasteiger partial charge on any atom is 0.276 e. The van der Waals surface area contributed by atoms with Crippen LogP contribution in [-0.4, -0.2) is 17.9 Å². The molecule has 94 valence electrons. The number of anilines is 1. The van der Waals surface area contributed by atoms with Gasteiger partial charge < -0.3 is 4.90 Å². The number of pyridine rings is 1. The number of carbonyl (C=O) groups excluding carboxylic acids is 1. The summed E-state index contributed by atoms with van der Waals surface area (Å²) in [4.78, 5) is 17.4. The number of halogens is 1. The number of rotatable bonds is 2. The molecule has 0 aliphatic rings. The molecule has 2 aromatic rings. The molecule has 5 heteroatoms. The highest BCUT2D eigenvalue weighted by Crippen LogP contribution is 2.15. The molecule has 0 unspecified atom stereocenters. The fourth-order valence-corrected chi connectivity index (χ4v) is 1.54. The molecule has 0 atom stereocenters. The highest BCUT2D eigenvalue weighted by atomic mass is 19.1. The second-order valence-corrected chi connectivity index (χ2v) is 3.88. The number of benzene rings is 1. The van der Waals surface area contributed by atoms with Crippen LogP contribution < -0.4 is 4.90 Å². The summed E-state index contributed by atoms with van der Waals surface area (Å²) in [6, 6.07) is 10.5. The van der Waals surface area contributed by atoms with E-state index in [1.165, 1.54) is 47.5 Å². The highest BCUT2D eigenvalue weighted by Gasteiger charge is 2.14. The Kier molecular flexibility index (Phi) is 3.53. The summed E-state index contributed by atoms with van der Waals surface area (Å²) >= 11 is 0. The highest BCUT2D eigenvalue weighted by molar-refractivity contribution is 6.04. The third-order valence-electron chi connectivity index (χ3n) is 2.63. The van der Waals surface area contributed by atoms with Crippen LogP contribution in [0.4, 0.5) is 10.1 Å². The Morgan fingerprint density at radius 1 is 1.26 bits per heavy atom. The summed E-state index contributed by atoms with van der Waals surface area (Å²) in [5.41, 5.74) is 1.18. The lowest BCUT2D eigenvalue weighted by atomic mass is 10.2. The van der Waals surface area contributed by atoms with Crippen LogP contribution in [0.3, 0.4) is 0 Å². The lowest BCUT2D eigenvalue weighted by molar-refractivity contribution is 0.0988. The maximum absolute atomic E-state index is 12.8. The van der Waals surface area contributed by atoms with E-state index in [9.17, 15) is 9.18 Å². The zero-order valence-electron chi connectivity index (χ0n) is 10.2. The van der Waals surface area contributed by atoms with Crippen molar-refractivity contribution in [2.24, 2.45) is 0 Å². The molecule has 0 fully saturated rings. The van der Waals surface area contributed by atoms with E-state index in [0.717, 1.165) is 0 Å². The topological polar surface area (TPSA) is 57.0 Å². The van der Waals surface area contributed by atoms with E-state index < -0.39 is 0 Å². The molecule has 4 nitrogen and oxygen atoms in total. The summed E-state index contributed by atoms with van der Waals surface area (Å²) in [5, 5.41) is 8.66. The van der Waals surface area contributed by atoms with Crippen molar-refractivity contribution in [3.8, 4) is 6.07 Å². The van der Waals surface area contributed by atoms with Crippen molar-refractivity contribution in [3.63, 3.8) is 0 Å². The van der Waals surface area contributed by atoms with Crippen molar-refractivity contribution in [1.82, 2.24) is 4.98 Å². The Hall–Kier alpha value is -2.74. The predicted octanol–water partition coefficient (Wildman–Crippen LogP) is 2.37. The van der Waals surface area contributed by atoms with Crippen molar-refractivity contribution in [2.75, 3.05) is 11.9 Å². The zero-order valence-corrected chi connectivity index (χ0v) is 10.2. The van der Waals surface area contributed by atoms with E-state index in [1.54, 1.807) is 7.05 Å². The first-order chi connectivity index (χ1) is 9.11. The molecule has 0 spiro atoms. The summed E-state index contributed by atoms with van der Waals surface area (Å²) < 4.78 is 12.8. The van der Waals surface area contributed by atoms with E-state index in [-0.39, 0.29) is 17.4 Å². The molecular weight excluding hydrogens is 245 g/mol. The van der Waals surface area contributed by atoms with Gasteiger partial charge in [0.25, 0.3) is 5.91 Å². The Morgan fingerprint density at radius 3 is 2.47 bits per heavy atom. The molecule has 0 aliphatic heterocycles. The quantitative estimate of drug-likeness (QED) is 0.827. The predicted molar refractivity (Wildman–Crippen MR) is 68.1 cm³/mol. The maximum atomic E-state index is 12.8. The van der Waals surface area contributed by atoms with Crippen LogP contribution in [0.1, 0.15) is 16.1 Å². The molecule has 0 N–H and O–H groups in total. The van der Waals surface area contributed by atoms with Crippen LogP contribution in [0.5, 0.6) is 0 Å². The van der Waals surface area contributed by atoms with Crippen LogP contribution in [0.15, 0.2) is 42.6 Å². The van der Waals surface area contributed by atoms with E-state index >= 15 is 0 Å². The second-order valence-electron chi connectivity index (χ2n) is 3.88. The molecule has 0 bridgehead atoms. The third-order valence-corrected chi connectivity index (χ3v) is 2.63. The Balaban J connectivity index is 2.23. The fourth-order valence-electron chi connectivity index (χ4n) is 1.54. The first-order valence-corrected chi connectivity index (χ1v) is 5.51. The Labute approximate surface area is 109 Å². The van der Waals surface area contributed by atoms with Crippen molar-refractivity contribution < 1.29 is 9.18 Å². The van der Waals surface area contributed by atoms with Gasteiger partial charge in [-0.05, 0) is 36.4 Å². The average Bonchev–Trinajstić information content (AvgIpc) is 2.46. The molecule has 1 aromatic heterocycles. The van der Waals surface area contributed by atoms with Crippen molar-refractivity contribution in [2.45, 2.75) is 0 Å². The molecule has 1 aromatic carbocycles. The summed E-state index contributed by atoms with van der Waals surface area (Å²) in [6.07, 6.45) is 1.34. The lowest BCUT2D eigenvalue weighted by Crippen LogP contribution is -2.27. The molecule has 1 amide bonds. The second kappa shape index (κ2) is 5.27. The monoisotopic (exact) mass is 255 g/mol. The normalized spacial score (nSPS) is 9.74. The number of hydrogen-bond donors (Lipinski definition) is 0. The van der Waals surface area contributed by atoms with Gasteiger partial charge in [0.2, 0.25) is 0 Å². The minimum Gasteiger partial charge on any atom is -0.310 e. The molecule has 19 heavy (non-hydrogen) atoms. The van der Waals surface area contributed by atoms with Gasteiger partial charge in [0.05, 0.1) is 5.56 Å². The molecule has 0 saturated carbocycles. The fraction of sp³-hybridized carbons (Fsp3) is 0.0714. The van der Waals surface area contributed by atoms with Gasteiger partial charge in [0.15, 0.2) is 0 Å². The van der Waals surface area contributed by atoms with Crippen LogP contribution in [0.2, 0.25) is 0 Å². The van der Waals surface area contributed by atoms with E-state index in [2.05, 4.69) is 4.98 Å². The van der Waals surface area contributed by atoms with Crippen molar-refractivity contribution >= 4 is 11.6 Å². The van der Waals surface area contributed by atoms with E-state index in [0.29, 0.717) is 11.3 Å². The van der Waals surface area contributed by atoms with Gasteiger partial charge in [-0.3, -0.25) is 4.79 Å². The molecule has 1 heterocycles. The molecule has 2 rings (SSSR count). The van der Waals surface area contributed by atoms with Crippen molar-refractivity contribution in [1.29, 1.82) is 5.26 Å². The number of nitriles is 1. The summed E-state index contributed by atoms with van der Waals surface area (Å²) in [7, 11) is 1.58. The molecule has 0 radical (unpaired) electrons. The number of hydrogen-bond acceptors (Lipinski definition) is 3. The Bertz CT molecular complexity index is 629. The average molecular weight is 255 g/mol. The van der Waals surface area contributed by atoms with Crippen LogP contribution in [-0.2, 0) is 0 Å². The minimum atomic E-state index is -0.360. The zero-order chi connectivity index (χ0) is 13.8. The molecular formula is C14H10FN3O. The first-order valence-electron chi connectivity index (χ1n) is 5.51. The number of nitrogens with zero attached hydrogens (tertiary/aromatic N) is 3. The van der Waals surface area contributed by atoms with Gasteiger partial charge in [-0.2, -0.15) is 5.26 Å². The SMILES string of the molecule is CN(C(=O)c1ccc(C#N)cn1)c1ccc(F)cc1. The number of carbonyl (C=O) groups is 1. The third kappa shape index (κ3) is 2.75. The van der Waals surface area contributed by atoms with Crippen LogP contribution in [0, 0.1) is 17.1 Å². The van der Waals surface area contributed by atoms with Gasteiger partial charge in [-0.1, -0.05) is 0 Å². The first kappa shape index (κ1) is 12.7. The van der Waals surface area contributed by atoms with Crippen LogP contribution >= 0.6 is 0 Å². The van der Waals surface area contributed by atoms with Crippen molar-refractivity contribution in [3.05, 3.63) is 59.7 Å². The number of aromatic nitrogens is 1. The van der Waals surface area contributed by atoms with Gasteiger partial charge in [-0.25, -0.2) is 9.37 Å². The lowest BCUT2D eigenvalue weighted by Gasteiger charge is -2.16. The van der Waals surface area contributed by atoms with Crippen LogP contribution in [0.25, 0.3) is 0 Å². The minimum absolute atomic E-state index is 0.228.